The van der Waals surface area contributed by atoms with Gasteiger partial charge in [0.15, 0.2) is 0 Å². The Bertz CT molecular complexity index is 727. The zero-order valence-electron chi connectivity index (χ0n) is 14.9. The summed E-state index contributed by atoms with van der Waals surface area (Å²) >= 11 is 0. The first-order valence-electron chi connectivity index (χ1n) is 9.08. The SMILES string of the molecule is Cl.NC1(C(=O)NCc2cccc(S(=O)(=O)N3CCCCC3)c2)CCCC1. The molecule has 3 N–H and O–H groups in total. The number of hydrogen-bond acceptors (Lipinski definition) is 4. The number of amides is 1. The van der Waals surface area contributed by atoms with Gasteiger partial charge in [-0.1, -0.05) is 31.4 Å². The van der Waals surface area contributed by atoms with Crippen LogP contribution in [0.5, 0.6) is 0 Å². The standard InChI is InChI=1S/C18H27N3O3S.ClH/c19-18(9-2-3-10-18)17(22)20-14-15-7-6-8-16(13-15)25(23,24)21-11-4-1-5-12-21;/h6-8,13H,1-5,9-12,14,19H2,(H,20,22);1H. The zero-order chi connectivity index (χ0) is 17.9. The van der Waals surface area contributed by atoms with Crippen molar-refractivity contribution in [1.29, 1.82) is 0 Å². The molecule has 2 fully saturated rings. The largest absolute Gasteiger partial charge is 0.350 e. The molecule has 2 aliphatic rings. The average molecular weight is 402 g/mol. The zero-order valence-corrected chi connectivity index (χ0v) is 16.6. The van der Waals surface area contributed by atoms with E-state index in [1.807, 2.05) is 6.07 Å². The van der Waals surface area contributed by atoms with Gasteiger partial charge in [-0.3, -0.25) is 4.79 Å². The number of carbonyl (C=O) groups is 1. The minimum absolute atomic E-state index is 0. The Hall–Kier alpha value is -1.15. The molecular weight excluding hydrogens is 374 g/mol. The Labute approximate surface area is 162 Å². The van der Waals surface area contributed by atoms with E-state index in [1.54, 1.807) is 22.5 Å². The molecule has 0 radical (unpaired) electrons. The van der Waals surface area contributed by atoms with Gasteiger partial charge < -0.3 is 11.1 Å². The summed E-state index contributed by atoms with van der Waals surface area (Å²) < 4.78 is 27.1. The summed E-state index contributed by atoms with van der Waals surface area (Å²) in [5.41, 5.74) is 6.15. The van der Waals surface area contributed by atoms with Crippen molar-refractivity contribution in [2.45, 2.75) is 61.9 Å². The van der Waals surface area contributed by atoms with E-state index in [1.165, 1.54) is 0 Å². The maximum Gasteiger partial charge on any atom is 0.243 e. The van der Waals surface area contributed by atoms with E-state index in [9.17, 15) is 13.2 Å². The lowest BCUT2D eigenvalue weighted by molar-refractivity contribution is -0.126. The van der Waals surface area contributed by atoms with Crippen LogP contribution in [0.1, 0.15) is 50.5 Å². The van der Waals surface area contributed by atoms with E-state index in [4.69, 9.17) is 5.73 Å². The molecule has 0 atom stereocenters. The highest BCUT2D eigenvalue weighted by molar-refractivity contribution is 7.89. The highest BCUT2D eigenvalue weighted by Crippen LogP contribution is 2.27. The lowest BCUT2D eigenvalue weighted by Gasteiger charge is -2.26. The first-order chi connectivity index (χ1) is 11.9. The normalized spacial score (nSPS) is 20.3. The van der Waals surface area contributed by atoms with Crippen LogP contribution >= 0.6 is 12.4 Å². The van der Waals surface area contributed by atoms with Crippen LogP contribution in [0.15, 0.2) is 29.2 Å². The molecule has 146 valence electrons. The molecular formula is C18H28ClN3O3S. The molecule has 1 aromatic rings. The van der Waals surface area contributed by atoms with Crippen molar-refractivity contribution in [1.82, 2.24) is 9.62 Å². The fourth-order valence-electron chi connectivity index (χ4n) is 3.66. The highest BCUT2D eigenvalue weighted by Gasteiger charge is 2.36. The Morgan fingerprint density at radius 1 is 1.12 bits per heavy atom. The summed E-state index contributed by atoms with van der Waals surface area (Å²) in [7, 11) is -3.45. The van der Waals surface area contributed by atoms with Gasteiger partial charge in [0.25, 0.3) is 0 Å². The fraction of sp³-hybridized carbons (Fsp3) is 0.611. The van der Waals surface area contributed by atoms with Gasteiger partial charge in [-0.2, -0.15) is 4.31 Å². The molecule has 1 aliphatic carbocycles. The molecule has 8 heteroatoms. The lowest BCUT2D eigenvalue weighted by Crippen LogP contribution is -2.51. The van der Waals surface area contributed by atoms with Crippen molar-refractivity contribution in [2.24, 2.45) is 5.73 Å². The summed E-state index contributed by atoms with van der Waals surface area (Å²) in [6.07, 6.45) is 6.28. The van der Waals surface area contributed by atoms with E-state index >= 15 is 0 Å². The number of benzene rings is 1. The fourth-order valence-corrected chi connectivity index (χ4v) is 5.25. The van der Waals surface area contributed by atoms with Gasteiger partial charge in [0.05, 0.1) is 10.4 Å². The van der Waals surface area contributed by atoms with E-state index in [-0.39, 0.29) is 18.3 Å². The number of carbonyl (C=O) groups excluding carboxylic acids is 1. The first-order valence-corrected chi connectivity index (χ1v) is 10.5. The summed E-state index contributed by atoms with van der Waals surface area (Å²) in [5.74, 6) is -0.144. The molecule has 1 aliphatic heterocycles. The summed E-state index contributed by atoms with van der Waals surface area (Å²) in [6, 6.07) is 6.83. The van der Waals surface area contributed by atoms with Gasteiger partial charge in [-0.25, -0.2) is 8.42 Å². The number of halogens is 1. The van der Waals surface area contributed by atoms with Gasteiger partial charge in [-0.05, 0) is 43.4 Å². The lowest BCUT2D eigenvalue weighted by atomic mass is 9.98. The van der Waals surface area contributed by atoms with Gasteiger partial charge in [0, 0.05) is 19.6 Å². The van der Waals surface area contributed by atoms with Crippen LogP contribution in [0.4, 0.5) is 0 Å². The molecule has 0 spiro atoms. The van der Waals surface area contributed by atoms with Crippen LogP contribution in [0, 0.1) is 0 Å². The highest BCUT2D eigenvalue weighted by atomic mass is 35.5. The number of rotatable bonds is 5. The molecule has 1 heterocycles. The Morgan fingerprint density at radius 2 is 1.77 bits per heavy atom. The maximum absolute atomic E-state index is 12.8. The minimum atomic E-state index is -3.45. The Kier molecular flexibility index (Phi) is 7.07. The van der Waals surface area contributed by atoms with Gasteiger partial charge >= 0.3 is 0 Å². The Morgan fingerprint density at radius 3 is 2.42 bits per heavy atom. The molecule has 1 saturated heterocycles. The Balaban J connectivity index is 0.00000243. The van der Waals surface area contributed by atoms with Crippen molar-refractivity contribution in [3.63, 3.8) is 0 Å². The molecule has 6 nitrogen and oxygen atoms in total. The minimum Gasteiger partial charge on any atom is -0.350 e. The van der Waals surface area contributed by atoms with Crippen LogP contribution in [-0.2, 0) is 21.4 Å². The van der Waals surface area contributed by atoms with Crippen LogP contribution < -0.4 is 11.1 Å². The first kappa shape index (κ1) is 21.2. The molecule has 1 amide bonds. The van der Waals surface area contributed by atoms with Crippen LogP contribution in [0.3, 0.4) is 0 Å². The predicted molar refractivity (Wildman–Crippen MR) is 104 cm³/mol. The smallest absolute Gasteiger partial charge is 0.243 e. The van der Waals surface area contributed by atoms with Crippen molar-refractivity contribution in [2.75, 3.05) is 13.1 Å². The number of hydrogen-bond donors (Lipinski definition) is 2. The number of nitrogens with one attached hydrogen (secondary N) is 1. The van der Waals surface area contributed by atoms with Crippen LogP contribution in [-0.4, -0.2) is 37.3 Å². The maximum atomic E-state index is 12.8. The third-order valence-corrected chi connectivity index (χ3v) is 7.15. The topological polar surface area (TPSA) is 92.5 Å². The van der Waals surface area contributed by atoms with Crippen LogP contribution in [0.2, 0.25) is 0 Å². The molecule has 1 saturated carbocycles. The molecule has 0 unspecified atom stereocenters. The number of nitrogens with zero attached hydrogens (tertiary/aromatic N) is 1. The van der Waals surface area contributed by atoms with Gasteiger partial charge in [0.2, 0.25) is 15.9 Å². The quantitative estimate of drug-likeness (QED) is 0.790. The second-order valence-corrected chi connectivity index (χ2v) is 9.10. The van der Waals surface area contributed by atoms with Crippen molar-refractivity contribution < 1.29 is 13.2 Å². The number of sulfonamides is 1. The molecule has 26 heavy (non-hydrogen) atoms. The monoisotopic (exact) mass is 401 g/mol. The summed E-state index contributed by atoms with van der Waals surface area (Å²) in [6.45, 7) is 1.46. The average Bonchev–Trinajstić information content (AvgIpc) is 3.08. The molecule has 1 aromatic carbocycles. The number of piperidine rings is 1. The summed E-state index contributed by atoms with van der Waals surface area (Å²) in [4.78, 5) is 12.6. The van der Waals surface area contributed by atoms with Crippen LogP contribution in [0.25, 0.3) is 0 Å². The number of nitrogens with two attached hydrogens (primary N) is 1. The van der Waals surface area contributed by atoms with E-state index in [0.717, 1.165) is 37.7 Å². The van der Waals surface area contributed by atoms with Crippen molar-refractivity contribution >= 4 is 28.3 Å². The second-order valence-electron chi connectivity index (χ2n) is 7.16. The van der Waals surface area contributed by atoms with Gasteiger partial charge in [0.1, 0.15) is 0 Å². The molecule has 3 rings (SSSR count). The third kappa shape index (κ3) is 4.57. The predicted octanol–water partition coefficient (Wildman–Crippen LogP) is 2.17. The van der Waals surface area contributed by atoms with Gasteiger partial charge in [-0.15, -0.1) is 12.4 Å². The van der Waals surface area contributed by atoms with Crippen molar-refractivity contribution in [3.8, 4) is 0 Å². The van der Waals surface area contributed by atoms with Crippen molar-refractivity contribution in [3.05, 3.63) is 29.8 Å². The second kappa shape index (κ2) is 8.69. The van der Waals surface area contributed by atoms with E-state index < -0.39 is 15.6 Å². The summed E-state index contributed by atoms with van der Waals surface area (Å²) in [5, 5.41) is 2.87. The molecule has 0 bridgehead atoms. The van der Waals surface area contributed by atoms with E-state index in [2.05, 4.69) is 5.32 Å². The van der Waals surface area contributed by atoms with E-state index in [0.29, 0.717) is 37.4 Å². The molecule has 0 aromatic heterocycles. The third-order valence-electron chi connectivity index (χ3n) is 5.25.